The minimum atomic E-state index is -0.181. The number of carbonyl (C=O) groups excluding carboxylic acids is 2. The van der Waals surface area contributed by atoms with Crippen LogP contribution >= 0.6 is 0 Å². The van der Waals surface area contributed by atoms with Gasteiger partial charge in [0.05, 0.1) is 5.57 Å². The average molecular weight is 236 g/mol. The lowest BCUT2D eigenvalue weighted by atomic mass is 9.82. The number of ketones is 2. The van der Waals surface area contributed by atoms with Crippen LogP contribution in [0.4, 0.5) is 0 Å². The van der Waals surface area contributed by atoms with E-state index >= 15 is 0 Å². The first-order valence-corrected chi connectivity index (χ1v) is 6.60. The average Bonchev–Trinajstić information content (AvgIpc) is 3.00. The first kappa shape index (κ1) is 12.3. The van der Waals surface area contributed by atoms with Gasteiger partial charge >= 0.3 is 0 Å². The fourth-order valence-corrected chi connectivity index (χ4v) is 2.63. The van der Waals surface area contributed by atoms with Gasteiger partial charge in [-0.2, -0.15) is 0 Å². The van der Waals surface area contributed by atoms with E-state index in [1.807, 2.05) is 6.92 Å². The van der Waals surface area contributed by atoms with Gasteiger partial charge in [-0.15, -0.1) is 0 Å². The second kappa shape index (κ2) is 5.03. The summed E-state index contributed by atoms with van der Waals surface area (Å²) < 4.78 is 0. The molecule has 2 rings (SSSR count). The van der Waals surface area contributed by atoms with Crippen LogP contribution in [0.3, 0.4) is 0 Å². The van der Waals surface area contributed by atoms with Crippen molar-refractivity contribution in [1.29, 1.82) is 0 Å². The van der Waals surface area contributed by atoms with Crippen molar-refractivity contribution < 1.29 is 14.7 Å². The SMILES string of the molecule is CCCC(=O)C1=C(O)CC(CC2CC2)CC1=O. The summed E-state index contributed by atoms with van der Waals surface area (Å²) in [7, 11) is 0. The van der Waals surface area contributed by atoms with Crippen molar-refractivity contribution in [2.75, 3.05) is 0 Å². The molecule has 2 aliphatic carbocycles. The Labute approximate surface area is 102 Å². The molecule has 94 valence electrons. The van der Waals surface area contributed by atoms with E-state index in [-0.39, 0.29) is 28.8 Å². The first-order valence-electron chi connectivity index (χ1n) is 6.60. The zero-order valence-electron chi connectivity index (χ0n) is 10.4. The number of Topliss-reactive ketones (excluding diaryl/α,β-unsaturated/α-hetero) is 2. The zero-order valence-corrected chi connectivity index (χ0v) is 10.4. The number of aliphatic hydroxyl groups is 1. The molecule has 1 fully saturated rings. The van der Waals surface area contributed by atoms with Gasteiger partial charge in [-0.3, -0.25) is 9.59 Å². The molecule has 0 aromatic rings. The molecule has 0 amide bonds. The van der Waals surface area contributed by atoms with Crippen LogP contribution in [0.25, 0.3) is 0 Å². The molecule has 3 heteroatoms. The van der Waals surface area contributed by atoms with Gasteiger partial charge in [0.25, 0.3) is 0 Å². The number of hydrogen-bond acceptors (Lipinski definition) is 3. The molecule has 1 N–H and O–H groups in total. The molecule has 0 radical (unpaired) electrons. The molecule has 0 spiro atoms. The van der Waals surface area contributed by atoms with Crippen LogP contribution in [0.1, 0.15) is 51.9 Å². The van der Waals surface area contributed by atoms with Crippen molar-refractivity contribution in [3.63, 3.8) is 0 Å². The van der Waals surface area contributed by atoms with E-state index in [2.05, 4.69) is 0 Å². The van der Waals surface area contributed by atoms with Crippen molar-refractivity contribution in [1.82, 2.24) is 0 Å². The monoisotopic (exact) mass is 236 g/mol. The lowest BCUT2D eigenvalue weighted by Gasteiger charge is -2.22. The minimum absolute atomic E-state index is 0.0466. The fourth-order valence-electron chi connectivity index (χ4n) is 2.63. The van der Waals surface area contributed by atoms with E-state index in [0.717, 1.165) is 12.3 Å². The Hall–Kier alpha value is -1.12. The molecule has 17 heavy (non-hydrogen) atoms. The van der Waals surface area contributed by atoms with Gasteiger partial charge in [-0.25, -0.2) is 0 Å². The van der Waals surface area contributed by atoms with Crippen LogP contribution in [0, 0.1) is 11.8 Å². The van der Waals surface area contributed by atoms with E-state index < -0.39 is 0 Å². The van der Waals surface area contributed by atoms with E-state index in [1.54, 1.807) is 0 Å². The topological polar surface area (TPSA) is 54.4 Å². The zero-order chi connectivity index (χ0) is 12.4. The van der Waals surface area contributed by atoms with Gasteiger partial charge in [0.15, 0.2) is 11.6 Å². The molecule has 0 saturated heterocycles. The van der Waals surface area contributed by atoms with Crippen LogP contribution < -0.4 is 0 Å². The molecular formula is C14H20O3. The Morgan fingerprint density at radius 3 is 2.53 bits per heavy atom. The molecule has 0 bridgehead atoms. The molecular weight excluding hydrogens is 216 g/mol. The normalized spacial score (nSPS) is 25.2. The second-order valence-corrected chi connectivity index (χ2v) is 5.37. The summed E-state index contributed by atoms with van der Waals surface area (Å²) >= 11 is 0. The summed E-state index contributed by atoms with van der Waals surface area (Å²) in [6, 6.07) is 0. The highest BCUT2D eigenvalue weighted by atomic mass is 16.3. The maximum absolute atomic E-state index is 11.9. The Bertz CT molecular complexity index is 364. The predicted molar refractivity (Wildman–Crippen MR) is 64.6 cm³/mol. The van der Waals surface area contributed by atoms with Gasteiger partial charge in [0.1, 0.15) is 5.76 Å². The Morgan fingerprint density at radius 1 is 1.29 bits per heavy atom. The Morgan fingerprint density at radius 2 is 2.00 bits per heavy atom. The molecule has 0 aromatic heterocycles. The lowest BCUT2D eigenvalue weighted by molar-refractivity contribution is -0.123. The maximum atomic E-state index is 11.9. The largest absolute Gasteiger partial charge is 0.511 e. The third-order valence-corrected chi connectivity index (χ3v) is 3.64. The lowest BCUT2D eigenvalue weighted by Crippen LogP contribution is -2.24. The van der Waals surface area contributed by atoms with E-state index in [9.17, 15) is 14.7 Å². The fraction of sp³-hybridized carbons (Fsp3) is 0.714. The maximum Gasteiger partial charge on any atom is 0.170 e. The summed E-state index contributed by atoms with van der Waals surface area (Å²) in [5, 5.41) is 9.88. The van der Waals surface area contributed by atoms with E-state index in [4.69, 9.17) is 0 Å². The van der Waals surface area contributed by atoms with Crippen LogP contribution in [-0.2, 0) is 9.59 Å². The highest BCUT2D eigenvalue weighted by Crippen LogP contribution is 2.40. The standard InChI is InChI=1S/C14H20O3/c1-2-3-11(15)14-12(16)7-10(8-13(14)17)6-9-4-5-9/h9-10,16H,2-8H2,1H3. The van der Waals surface area contributed by atoms with Gasteiger partial charge in [0.2, 0.25) is 0 Å². The van der Waals surface area contributed by atoms with Crippen LogP contribution in [0.5, 0.6) is 0 Å². The molecule has 2 aliphatic rings. The van der Waals surface area contributed by atoms with Crippen molar-refractivity contribution in [3.8, 4) is 0 Å². The highest BCUT2D eigenvalue weighted by Gasteiger charge is 2.34. The molecule has 3 nitrogen and oxygen atoms in total. The highest BCUT2D eigenvalue weighted by molar-refractivity contribution is 6.20. The number of carbonyl (C=O) groups is 2. The molecule has 1 saturated carbocycles. The molecule has 0 aliphatic heterocycles. The van der Waals surface area contributed by atoms with Crippen LogP contribution in [-0.4, -0.2) is 16.7 Å². The van der Waals surface area contributed by atoms with E-state index in [1.165, 1.54) is 12.8 Å². The molecule has 1 unspecified atom stereocenters. The summed E-state index contributed by atoms with van der Waals surface area (Å²) in [6.45, 7) is 1.90. The molecule has 0 aromatic carbocycles. The van der Waals surface area contributed by atoms with Crippen LogP contribution in [0.2, 0.25) is 0 Å². The summed E-state index contributed by atoms with van der Waals surface area (Å²) in [6.07, 6.45) is 5.60. The van der Waals surface area contributed by atoms with Gasteiger partial charge < -0.3 is 5.11 Å². The summed E-state index contributed by atoms with van der Waals surface area (Å²) in [5.41, 5.74) is 0.0962. The van der Waals surface area contributed by atoms with Gasteiger partial charge in [-0.1, -0.05) is 19.8 Å². The smallest absolute Gasteiger partial charge is 0.170 e. The Kier molecular flexibility index (Phi) is 3.65. The van der Waals surface area contributed by atoms with Crippen molar-refractivity contribution in [3.05, 3.63) is 11.3 Å². The number of rotatable bonds is 5. The number of hydrogen-bond donors (Lipinski definition) is 1. The summed E-state index contributed by atoms with van der Waals surface area (Å²) in [4.78, 5) is 23.6. The second-order valence-electron chi connectivity index (χ2n) is 5.37. The third-order valence-electron chi connectivity index (χ3n) is 3.64. The summed E-state index contributed by atoms with van der Waals surface area (Å²) in [5.74, 6) is 0.741. The predicted octanol–water partition coefficient (Wildman–Crippen LogP) is 2.95. The number of aliphatic hydroxyl groups excluding tert-OH is 1. The van der Waals surface area contributed by atoms with Gasteiger partial charge in [-0.05, 0) is 24.7 Å². The quantitative estimate of drug-likeness (QED) is 0.747. The first-order chi connectivity index (χ1) is 8.11. The third kappa shape index (κ3) is 2.96. The Balaban J connectivity index is 2.04. The minimum Gasteiger partial charge on any atom is -0.511 e. The van der Waals surface area contributed by atoms with Crippen LogP contribution in [0.15, 0.2) is 11.3 Å². The van der Waals surface area contributed by atoms with Crippen molar-refractivity contribution >= 4 is 11.6 Å². The van der Waals surface area contributed by atoms with Gasteiger partial charge in [0, 0.05) is 19.3 Å². The van der Waals surface area contributed by atoms with E-state index in [0.29, 0.717) is 25.7 Å². The molecule has 1 atom stereocenters. The molecule has 0 heterocycles. The number of allylic oxidation sites excluding steroid dienone is 2. The van der Waals surface area contributed by atoms with Crippen molar-refractivity contribution in [2.24, 2.45) is 11.8 Å². The van der Waals surface area contributed by atoms with Crippen molar-refractivity contribution in [2.45, 2.75) is 51.9 Å².